The minimum Gasteiger partial charge on any atom is -0.480 e. The molecule has 2 heterocycles. The summed E-state index contributed by atoms with van der Waals surface area (Å²) in [6, 6.07) is 16.7. The molecule has 4 rings (SSSR count). The Bertz CT molecular complexity index is 910. The molecular weight excluding hydrogens is 254 g/mol. The van der Waals surface area contributed by atoms with Gasteiger partial charge in [-0.05, 0) is 12.1 Å². The van der Waals surface area contributed by atoms with Crippen LogP contribution < -0.4 is 4.74 Å². The van der Waals surface area contributed by atoms with Crippen molar-refractivity contribution in [2.45, 2.75) is 0 Å². The van der Waals surface area contributed by atoms with Gasteiger partial charge < -0.3 is 4.74 Å². The van der Waals surface area contributed by atoms with E-state index in [0.29, 0.717) is 0 Å². The Labute approximate surface area is 114 Å². The van der Waals surface area contributed by atoms with Crippen LogP contribution >= 0.6 is 11.3 Å². The predicted molar refractivity (Wildman–Crippen MR) is 81.2 cm³/mol. The number of hydrogen-bond donors (Lipinski definition) is 0. The topological polar surface area (TPSA) is 22.1 Å². The average Bonchev–Trinajstić information content (AvgIpc) is 2.86. The molecule has 0 aliphatic carbocycles. The first kappa shape index (κ1) is 10.8. The molecule has 0 saturated carbocycles. The van der Waals surface area contributed by atoms with Crippen molar-refractivity contribution in [1.29, 1.82) is 0 Å². The van der Waals surface area contributed by atoms with Gasteiger partial charge in [-0.2, -0.15) is 0 Å². The summed E-state index contributed by atoms with van der Waals surface area (Å²) in [5.74, 6) is 0.718. The van der Waals surface area contributed by atoms with Crippen LogP contribution in [0.2, 0.25) is 0 Å². The highest BCUT2D eigenvalue weighted by molar-refractivity contribution is 7.26. The number of hydrogen-bond acceptors (Lipinski definition) is 3. The van der Waals surface area contributed by atoms with E-state index in [1.165, 1.54) is 20.9 Å². The lowest BCUT2D eigenvalue weighted by atomic mass is 10.1. The molecule has 19 heavy (non-hydrogen) atoms. The number of methoxy groups -OCH3 is 1. The van der Waals surface area contributed by atoms with E-state index in [9.17, 15) is 0 Å². The molecule has 92 valence electrons. The summed E-state index contributed by atoms with van der Waals surface area (Å²) < 4.78 is 7.86. The molecule has 0 amide bonds. The van der Waals surface area contributed by atoms with Gasteiger partial charge in [0, 0.05) is 20.9 Å². The molecular formula is C16H11NOS. The summed E-state index contributed by atoms with van der Waals surface area (Å²) in [4.78, 5) is 4.61. The van der Waals surface area contributed by atoms with Crippen LogP contribution in [0.25, 0.3) is 31.1 Å². The van der Waals surface area contributed by atoms with Crippen LogP contribution in [0, 0.1) is 0 Å². The number of para-hydroxylation sites is 1. The highest BCUT2D eigenvalue weighted by Gasteiger charge is 2.14. The molecule has 0 radical (unpaired) electrons. The lowest BCUT2D eigenvalue weighted by molar-refractivity contribution is 0.405. The molecule has 0 atom stereocenters. The van der Waals surface area contributed by atoms with Gasteiger partial charge in [-0.1, -0.05) is 36.4 Å². The van der Waals surface area contributed by atoms with Gasteiger partial charge in [0.1, 0.15) is 0 Å². The van der Waals surface area contributed by atoms with Crippen molar-refractivity contribution in [2.75, 3.05) is 7.11 Å². The molecule has 0 spiro atoms. The Balaban J connectivity index is 2.36. The van der Waals surface area contributed by atoms with Gasteiger partial charge in [0.2, 0.25) is 5.88 Å². The first-order valence-corrected chi connectivity index (χ1v) is 6.94. The number of aromatic nitrogens is 1. The molecule has 0 fully saturated rings. The third-order valence-electron chi connectivity index (χ3n) is 3.38. The number of nitrogens with zero attached hydrogens (tertiary/aromatic N) is 1. The van der Waals surface area contributed by atoms with Gasteiger partial charge in [0.05, 0.1) is 17.3 Å². The van der Waals surface area contributed by atoms with Crippen molar-refractivity contribution in [2.24, 2.45) is 0 Å². The van der Waals surface area contributed by atoms with Gasteiger partial charge in [-0.25, -0.2) is 4.98 Å². The minimum atomic E-state index is 0.718. The lowest BCUT2D eigenvalue weighted by Gasteiger charge is -2.04. The smallest absolute Gasteiger partial charge is 0.232 e. The van der Waals surface area contributed by atoms with Gasteiger partial charge in [-0.15, -0.1) is 11.3 Å². The van der Waals surface area contributed by atoms with E-state index in [1.807, 2.05) is 12.1 Å². The maximum atomic E-state index is 5.46. The molecule has 2 aromatic heterocycles. The first-order valence-electron chi connectivity index (χ1n) is 6.12. The van der Waals surface area contributed by atoms with Crippen molar-refractivity contribution in [1.82, 2.24) is 4.98 Å². The zero-order chi connectivity index (χ0) is 12.8. The highest BCUT2D eigenvalue weighted by Crippen LogP contribution is 2.41. The molecule has 3 heteroatoms. The molecule has 2 aromatic carbocycles. The van der Waals surface area contributed by atoms with Crippen LogP contribution in [0.3, 0.4) is 0 Å². The normalized spacial score (nSPS) is 11.4. The fourth-order valence-electron chi connectivity index (χ4n) is 2.54. The molecule has 0 aliphatic heterocycles. The quantitative estimate of drug-likeness (QED) is 0.501. The first-order chi connectivity index (χ1) is 9.38. The largest absolute Gasteiger partial charge is 0.480 e. The van der Waals surface area contributed by atoms with E-state index >= 15 is 0 Å². The number of ether oxygens (including phenoxy) is 1. The second-order valence-corrected chi connectivity index (χ2v) is 5.49. The number of benzene rings is 2. The lowest BCUT2D eigenvalue weighted by Crippen LogP contribution is -1.88. The summed E-state index contributed by atoms with van der Waals surface area (Å²) in [6.45, 7) is 0. The summed E-state index contributed by atoms with van der Waals surface area (Å²) in [7, 11) is 1.68. The summed E-state index contributed by atoms with van der Waals surface area (Å²) in [5, 5.41) is 3.72. The third kappa shape index (κ3) is 1.45. The van der Waals surface area contributed by atoms with E-state index < -0.39 is 0 Å². The predicted octanol–water partition coefficient (Wildman–Crippen LogP) is 4.61. The Kier molecular flexibility index (Phi) is 2.23. The van der Waals surface area contributed by atoms with Crippen LogP contribution in [0.1, 0.15) is 0 Å². The minimum absolute atomic E-state index is 0.718. The van der Waals surface area contributed by atoms with Crippen LogP contribution in [0.4, 0.5) is 0 Å². The van der Waals surface area contributed by atoms with Crippen LogP contribution in [0.15, 0.2) is 48.5 Å². The van der Waals surface area contributed by atoms with E-state index in [-0.39, 0.29) is 0 Å². The molecule has 0 N–H and O–H groups in total. The third-order valence-corrected chi connectivity index (χ3v) is 4.54. The fourth-order valence-corrected chi connectivity index (χ4v) is 3.73. The van der Waals surface area contributed by atoms with Crippen molar-refractivity contribution >= 4 is 42.4 Å². The van der Waals surface area contributed by atoms with Gasteiger partial charge >= 0.3 is 0 Å². The molecule has 0 bridgehead atoms. The number of pyridine rings is 1. The molecule has 0 aliphatic rings. The highest BCUT2D eigenvalue weighted by atomic mass is 32.1. The monoisotopic (exact) mass is 265 g/mol. The molecule has 0 unspecified atom stereocenters. The van der Waals surface area contributed by atoms with Gasteiger partial charge in [-0.3, -0.25) is 0 Å². The van der Waals surface area contributed by atoms with E-state index in [4.69, 9.17) is 4.74 Å². The Morgan fingerprint density at radius 3 is 2.53 bits per heavy atom. The van der Waals surface area contributed by atoms with E-state index in [2.05, 4.69) is 41.4 Å². The zero-order valence-electron chi connectivity index (χ0n) is 10.4. The zero-order valence-corrected chi connectivity index (χ0v) is 11.2. The van der Waals surface area contributed by atoms with Crippen LogP contribution in [0.5, 0.6) is 5.88 Å². The van der Waals surface area contributed by atoms with E-state index in [0.717, 1.165) is 16.1 Å². The van der Waals surface area contributed by atoms with Crippen LogP contribution in [-0.2, 0) is 0 Å². The Morgan fingerprint density at radius 2 is 1.68 bits per heavy atom. The Morgan fingerprint density at radius 1 is 0.947 bits per heavy atom. The van der Waals surface area contributed by atoms with Crippen molar-refractivity contribution < 1.29 is 4.74 Å². The van der Waals surface area contributed by atoms with Crippen molar-refractivity contribution in [3.63, 3.8) is 0 Å². The summed E-state index contributed by atoms with van der Waals surface area (Å²) >= 11 is 1.74. The average molecular weight is 265 g/mol. The molecule has 4 aromatic rings. The summed E-state index contributed by atoms with van der Waals surface area (Å²) in [6.07, 6.45) is 0. The van der Waals surface area contributed by atoms with Gasteiger partial charge in [0.25, 0.3) is 0 Å². The maximum absolute atomic E-state index is 5.46. The van der Waals surface area contributed by atoms with Crippen molar-refractivity contribution in [3.05, 3.63) is 48.5 Å². The SMILES string of the molecule is COc1nc2ccccc2c2c1sc1ccccc12. The fraction of sp³-hybridized carbons (Fsp3) is 0.0625. The number of rotatable bonds is 1. The van der Waals surface area contributed by atoms with Gasteiger partial charge in [0.15, 0.2) is 0 Å². The van der Waals surface area contributed by atoms with Crippen LogP contribution in [-0.4, -0.2) is 12.1 Å². The maximum Gasteiger partial charge on any atom is 0.232 e. The number of fused-ring (bicyclic) bond motifs is 5. The number of thiophene rings is 1. The second kappa shape index (κ2) is 3.93. The second-order valence-electron chi connectivity index (χ2n) is 4.44. The Hall–Kier alpha value is -2.13. The molecule has 0 saturated heterocycles. The van der Waals surface area contributed by atoms with Crippen molar-refractivity contribution in [3.8, 4) is 5.88 Å². The molecule has 2 nitrogen and oxygen atoms in total. The van der Waals surface area contributed by atoms with E-state index in [1.54, 1.807) is 18.4 Å². The standard InChI is InChI=1S/C16H11NOS/c1-18-16-15-14(10-6-2-4-8-12(10)17-16)11-7-3-5-9-13(11)19-15/h2-9H,1H3. The summed E-state index contributed by atoms with van der Waals surface area (Å²) in [5.41, 5.74) is 0.982.